The molecule has 1 aliphatic carbocycles. The van der Waals surface area contributed by atoms with Gasteiger partial charge in [-0.05, 0) is 31.4 Å². The van der Waals surface area contributed by atoms with Crippen LogP contribution in [0.15, 0.2) is 35.2 Å². The highest BCUT2D eigenvalue weighted by atomic mass is 32.2. The Hall–Kier alpha value is -1.45. The minimum atomic E-state index is -3.93. The Morgan fingerprint density at radius 2 is 1.63 bits per heavy atom. The van der Waals surface area contributed by atoms with E-state index in [1.165, 1.54) is 12.1 Å². The van der Waals surface area contributed by atoms with E-state index in [4.69, 9.17) is 0 Å². The number of sulfone groups is 1. The number of benzene rings is 1. The lowest BCUT2D eigenvalue weighted by molar-refractivity contribution is -0.123. The molecule has 1 aromatic rings. The fourth-order valence-electron chi connectivity index (χ4n) is 3.16. The number of rotatable bonds is 8. The molecular formula is C18H28N2O5S2. The predicted molar refractivity (Wildman–Crippen MR) is 105 cm³/mol. The second-order valence-electron chi connectivity index (χ2n) is 7.10. The van der Waals surface area contributed by atoms with Crippen molar-refractivity contribution in [2.45, 2.75) is 61.9 Å². The van der Waals surface area contributed by atoms with Crippen LogP contribution in [0.25, 0.3) is 0 Å². The molecule has 27 heavy (non-hydrogen) atoms. The standard InChI is InChI=1S/C18H28N2O5S2/c1-26(22,23)14-13-17(18(21)19-15-9-5-2-3-6-10-15)20-27(24,25)16-11-7-4-8-12-16/h4,7-8,11-12,15,17,20H,2-3,5-6,9-10,13-14H2,1H3,(H,19,21)/t17-/m1/s1. The van der Waals surface area contributed by atoms with E-state index in [9.17, 15) is 21.6 Å². The van der Waals surface area contributed by atoms with Crippen molar-refractivity contribution >= 4 is 25.8 Å². The monoisotopic (exact) mass is 416 g/mol. The molecule has 1 atom stereocenters. The van der Waals surface area contributed by atoms with Gasteiger partial charge in [-0.25, -0.2) is 16.8 Å². The molecule has 0 radical (unpaired) electrons. The van der Waals surface area contributed by atoms with E-state index < -0.39 is 31.8 Å². The van der Waals surface area contributed by atoms with Crippen molar-refractivity contribution in [2.75, 3.05) is 12.0 Å². The highest BCUT2D eigenvalue weighted by Crippen LogP contribution is 2.18. The van der Waals surface area contributed by atoms with Gasteiger partial charge in [0, 0.05) is 12.3 Å². The highest BCUT2D eigenvalue weighted by molar-refractivity contribution is 7.90. The molecule has 1 amide bonds. The average Bonchev–Trinajstić information content (AvgIpc) is 2.87. The van der Waals surface area contributed by atoms with Gasteiger partial charge >= 0.3 is 0 Å². The molecule has 1 aromatic carbocycles. The van der Waals surface area contributed by atoms with E-state index in [1.807, 2.05) is 0 Å². The summed E-state index contributed by atoms with van der Waals surface area (Å²) in [6, 6.07) is 6.60. The summed E-state index contributed by atoms with van der Waals surface area (Å²) < 4.78 is 50.6. The van der Waals surface area contributed by atoms with Crippen molar-refractivity contribution in [2.24, 2.45) is 0 Å². The van der Waals surface area contributed by atoms with E-state index in [1.54, 1.807) is 18.2 Å². The molecule has 0 aromatic heterocycles. The molecule has 0 unspecified atom stereocenters. The molecule has 0 heterocycles. The van der Waals surface area contributed by atoms with Crippen LogP contribution < -0.4 is 10.0 Å². The molecule has 7 nitrogen and oxygen atoms in total. The molecule has 0 spiro atoms. The lowest BCUT2D eigenvalue weighted by Gasteiger charge is -2.22. The molecule has 1 fully saturated rings. The highest BCUT2D eigenvalue weighted by Gasteiger charge is 2.28. The lowest BCUT2D eigenvalue weighted by Crippen LogP contribution is -2.50. The third-order valence-electron chi connectivity index (χ3n) is 4.65. The summed E-state index contributed by atoms with van der Waals surface area (Å²) in [5.41, 5.74) is 0. The first kappa shape index (κ1) is 21.8. The predicted octanol–water partition coefficient (Wildman–Crippen LogP) is 1.61. The Bertz CT molecular complexity index is 815. The molecule has 0 saturated heterocycles. The smallest absolute Gasteiger partial charge is 0.241 e. The Kier molecular flexibility index (Phi) is 7.81. The van der Waals surface area contributed by atoms with Crippen LogP contribution in [-0.4, -0.2) is 46.8 Å². The average molecular weight is 417 g/mol. The summed E-state index contributed by atoms with van der Waals surface area (Å²) in [4.78, 5) is 12.8. The van der Waals surface area contributed by atoms with Crippen molar-refractivity contribution in [3.63, 3.8) is 0 Å². The van der Waals surface area contributed by atoms with Gasteiger partial charge < -0.3 is 5.32 Å². The van der Waals surface area contributed by atoms with E-state index in [0.717, 1.165) is 44.8 Å². The molecule has 1 aliphatic rings. The summed E-state index contributed by atoms with van der Waals surface area (Å²) in [6.07, 6.45) is 6.98. The molecule has 0 aliphatic heterocycles. The Morgan fingerprint density at radius 1 is 1.04 bits per heavy atom. The SMILES string of the molecule is CS(=O)(=O)CC[C@@H](NS(=O)(=O)c1ccccc1)C(=O)NC1CCCCCC1. The van der Waals surface area contributed by atoms with Gasteiger partial charge in [0.25, 0.3) is 0 Å². The molecule has 152 valence electrons. The van der Waals surface area contributed by atoms with Gasteiger partial charge in [0.1, 0.15) is 15.9 Å². The number of carbonyl (C=O) groups excluding carboxylic acids is 1. The molecule has 0 bridgehead atoms. The molecule has 9 heteroatoms. The fourth-order valence-corrected chi connectivity index (χ4v) is 5.07. The number of amides is 1. The van der Waals surface area contributed by atoms with Gasteiger partial charge in [0.05, 0.1) is 10.6 Å². The number of carbonyl (C=O) groups is 1. The molecule has 1 saturated carbocycles. The van der Waals surface area contributed by atoms with Crippen LogP contribution in [0, 0.1) is 0 Å². The maximum Gasteiger partial charge on any atom is 0.241 e. The second-order valence-corrected chi connectivity index (χ2v) is 11.1. The van der Waals surface area contributed by atoms with E-state index >= 15 is 0 Å². The van der Waals surface area contributed by atoms with Crippen LogP contribution in [0.1, 0.15) is 44.9 Å². The zero-order valence-corrected chi connectivity index (χ0v) is 17.2. The van der Waals surface area contributed by atoms with Crippen LogP contribution in [0.4, 0.5) is 0 Å². The van der Waals surface area contributed by atoms with Crippen LogP contribution in [0.5, 0.6) is 0 Å². The fraction of sp³-hybridized carbons (Fsp3) is 0.611. The largest absolute Gasteiger partial charge is 0.352 e. The summed E-state index contributed by atoms with van der Waals surface area (Å²) >= 11 is 0. The Balaban J connectivity index is 2.13. The van der Waals surface area contributed by atoms with Crippen molar-refractivity contribution in [3.8, 4) is 0 Å². The Labute approximate surface area is 161 Å². The normalized spacial score (nSPS) is 17.8. The van der Waals surface area contributed by atoms with E-state index in [0.29, 0.717) is 0 Å². The summed E-state index contributed by atoms with van der Waals surface area (Å²) in [7, 11) is -7.25. The van der Waals surface area contributed by atoms with Gasteiger partial charge in [-0.1, -0.05) is 43.9 Å². The first-order chi connectivity index (χ1) is 12.7. The third-order valence-corrected chi connectivity index (χ3v) is 7.11. The minimum absolute atomic E-state index is 0.00182. The molecule has 2 N–H and O–H groups in total. The van der Waals surface area contributed by atoms with Crippen LogP contribution in [0.3, 0.4) is 0 Å². The van der Waals surface area contributed by atoms with Gasteiger partial charge in [-0.3, -0.25) is 4.79 Å². The first-order valence-electron chi connectivity index (χ1n) is 9.23. The van der Waals surface area contributed by atoms with Crippen molar-refractivity contribution in [1.82, 2.24) is 10.0 Å². The molecule has 2 rings (SSSR count). The maximum absolute atomic E-state index is 12.7. The minimum Gasteiger partial charge on any atom is -0.352 e. The van der Waals surface area contributed by atoms with Crippen LogP contribution in [0.2, 0.25) is 0 Å². The quantitative estimate of drug-likeness (QED) is 0.626. The van der Waals surface area contributed by atoms with Gasteiger partial charge in [-0.2, -0.15) is 4.72 Å². The Morgan fingerprint density at radius 3 is 2.19 bits per heavy atom. The van der Waals surface area contributed by atoms with Gasteiger partial charge in [-0.15, -0.1) is 0 Å². The summed E-state index contributed by atoms with van der Waals surface area (Å²) in [5, 5.41) is 2.91. The number of nitrogens with one attached hydrogen (secondary N) is 2. The second kappa shape index (κ2) is 9.66. The van der Waals surface area contributed by atoms with Crippen molar-refractivity contribution < 1.29 is 21.6 Å². The van der Waals surface area contributed by atoms with E-state index in [-0.39, 0.29) is 23.1 Å². The van der Waals surface area contributed by atoms with Crippen LogP contribution in [-0.2, 0) is 24.7 Å². The first-order valence-corrected chi connectivity index (χ1v) is 12.8. The van der Waals surface area contributed by atoms with Crippen molar-refractivity contribution in [3.05, 3.63) is 30.3 Å². The third kappa shape index (κ3) is 7.59. The van der Waals surface area contributed by atoms with Gasteiger partial charge in [0.2, 0.25) is 15.9 Å². The molecular weight excluding hydrogens is 388 g/mol. The van der Waals surface area contributed by atoms with Crippen molar-refractivity contribution in [1.29, 1.82) is 0 Å². The van der Waals surface area contributed by atoms with Gasteiger partial charge in [0.15, 0.2) is 0 Å². The number of hydrogen-bond acceptors (Lipinski definition) is 5. The lowest BCUT2D eigenvalue weighted by atomic mass is 10.1. The number of sulfonamides is 1. The summed E-state index contributed by atoms with van der Waals surface area (Å²) in [5.74, 6) is -0.738. The zero-order chi connectivity index (χ0) is 19.9. The zero-order valence-electron chi connectivity index (χ0n) is 15.6. The maximum atomic E-state index is 12.7. The topological polar surface area (TPSA) is 109 Å². The number of hydrogen-bond donors (Lipinski definition) is 2. The van der Waals surface area contributed by atoms with E-state index in [2.05, 4.69) is 10.0 Å². The summed E-state index contributed by atoms with van der Waals surface area (Å²) in [6.45, 7) is 0. The van der Waals surface area contributed by atoms with Crippen LogP contribution >= 0.6 is 0 Å².